The molecule has 4 aliphatic rings. The van der Waals surface area contributed by atoms with Gasteiger partial charge >= 0.3 is 5.97 Å². The predicted octanol–water partition coefficient (Wildman–Crippen LogP) is 4.04. The van der Waals surface area contributed by atoms with Crippen molar-refractivity contribution in [3.63, 3.8) is 0 Å². The van der Waals surface area contributed by atoms with Gasteiger partial charge in [0.15, 0.2) is 0 Å². The van der Waals surface area contributed by atoms with Crippen LogP contribution >= 0.6 is 0 Å². The lowest BCUT2D eigenvalue weighted by molar-refractivity contribution is -0.145. The molecule has 2 unspecified atom stereocenters. The molecule has 0 N–H and O–H groups in total. The van der Waals surface area contributed by atoms with Crippen LogP contribution in [-0.4, -0.2) is 46.0 Å². The van der Waals surface area contributed by atoms with Gasteiger partial charge in [0.1, 0.15) is 11.9 Å². The van der Waals surface area contributed by atoms with Crippen LogP contribution in [0.4, 0.5) is 0 Å². The molecule has 4 aliphatic heterocycles. The first kappa shape index (κ1) is 18.8. The molecule has 7 rings (SSSR count). The summed E-state index contributed by atoms with van der Waals surface area (Å²) >= 11 is 0. The smallest absolute Gasteiger partial charge is 0.340 e. The van der Waals surface area contributed by atoms with Gasteiger partial charge in [-0.1, -0.05) is 48.5 Å². The average Bonchev–Trinajstić information content (AvgIpc) is 3.13. The molecule has 0 radical (unpaired) electrons. The number of fused-ring (bicyclic) bond motifs is 2. The third kappa shape index (κ3) is 3.28. The average molecular weight is 415 g/mol. The first-order valence-corrected chi connectivity index (χ1v) is 11.3. The van der Waals surface area contributed by atoms with Gasteiger partial charge < -0.3 is 9.30 Å². The summed E-state index contributed by atoms with van der Waals surface area (Å²) < 4.78 is 8.19. The lowest BCUT2D eigenvalue weighted by atomic mass is 9.72. The van der Waals surface area contributed by atoms with Crippen molar-refractivity contribution in [2.45, 2.75) is 50.4 Å². The maximum Gasteiger partial charge on any atom is 0.340 e. The number of piperidine rings is 4. The predicted molar refractivity (Wildman–Crippen MR) is 118 cm³/mol. The van der Waals surface area contributed by atoms with Crippen molar-refractivity contribution in [2.75, 3.05) is 6.54 Å². The quantitative estimate of drug-likeness (QED) is 0.605. The van der Waals surface area contributed by atoms with Crippen molar-refractivity contribution in [1.29, 1.82) is 0 Å². The van der Waals surface area contributed by atoms with Gasteiger partial charge in [-0.3, -0.25) is 9.69 Å². The summed E-state index contributed by atoms with van der Waals surface area (Å²) in [5.41, 5.74) is 2.88. The molecule has 0 amide bonds. The highest BCUT2D eigenvalue weighted by atomic mass is 16.5. The van der Waals surface area contributed by atoms with Crippen molar-refractivity contribution < 1.29 is 14.3 Å². The minimum Gasteiger partial charge on any atom is -0.459 e. The second-order valence-corrected chi connectivity index (χ2v) is 9.29. The molecule has 1 aromatic heterocycles. The number of hydrogen-bond donors (Lipinski definition) is 0. The van der Waals surface area contributed by atoms with Gasteiger partial charge in [-0.05, 0) is 24.5 Å². The summed E-state index contributed by atoms with van der Waals surface area (Å²) in [5.74, 6) is 0.394. The van der Waals surface area contributed by atoms with Gasteiger partial charge in [0.05, 0.1) is 12.1 Å². The third-order valence-electron chi connectivity index (χ3n) is 7.39. The number of Topliss-reactive ketones (excluding diaryl/α,β-unsaturated/α-hetero) is 1. The van der Waals surface area contributed by atoms with E-state index in [1.165, 1.54) is 5.56 Å². The Morgan fingerprint density at radius 2 is 1.65 bits per heavy atom. The summed E-state index contributed by atoms with van der Waals surface area (Å²) in [7, 11) is 0. The molecular weight excluding hydrogens is 388 g/mol. The largest absolute Gasteiger partial charge is 0.459 e. The van der Waals surface area contributed by atoms with Gasteiger partial charge in [-0.15, -0.1) is 0 Å². The van der Waals surface area contributed by atoms with Crippen molar-refractivity contribution >= 4 is 22.7 Å². The topological polar surface area (TPSA) is 51.5 Å². The number of esters is 1. The Labute approximate surface area is 181 Å². The summed E-state index contributed by atoms with van der Waals surface area (Å²) in [6.07, 6.45) is 5.42. The van der Waals surface area contributed by atoms with Gasteiger partial charge in [-0.25, -0.2) is 4.79 Å². The number of carbonyl (C=O) groups is 2. The maximum absolute atomic E-state index is 13.2. The molecule has 4 bridgehead atoms. The summed E-state index contributed by atoms with van der Waals surface area (Å²) in [6.45, 7) is 1.31. The fraction of sp³-hybridized carbons (Fsp3) is 0.385. The Morgan fingerprint density at radius 1 is 0.935 bits per heavy atom. The molecule has 0 aliphatic carbocycles. The fourth-order valence-corrected chi connectivity index (χ4v) is 5.95. The van der Waals surface area contributed by atoms with Crippen LogP contribution in [0, 0.1) is 5.92 Å². The number of ketones is 1. The van der Waals surface area contributed by atoms with Crippen LogP contribution in [0.1, 0.15) is 41.6 Å². The van der Waals surface area contributed by atoms with E-state index >= 15 is 0 Å². The van der Waals surface area contributed by atoms with E-state index in [2.05, 4.69) is 27.7 Å². The monoisotopic (exact) mass is 414 g/mol. The van der Waals surface area contributed by atoms with Crippen molar-refractivity contribution in [2.24, 2.45) is 5.92 Å². The van der Waals surface area contributed by atoms with Crippen LogP contribution in [0.2, 0.25) is 0 Å². The van der Waals surface area contributed by atoms with E-state index in [1.807, 2.05) is 42.6 Å². The second kappa shape index (κ2) is 7.34. The molecule has 4 saturated heterocycles. The normalized spacial score (nSPS) is 29.3. The number of benzene rings is 2. The SMILES string of the molecule is O=C(OC1CC2CC3CC(C1)N2CC3=O)c1cn(Cc2ccccc2)c2ccccc12. The summed E-state index contributed by atoms with van der Waals surface area (Å²) in [5, 5.41) is 0.938. The van der Waals surface area contributed by atoms with Crippen LogP contribution in [-0.2, 0) is 16.1 Å². The van der Waals surface area contributed by atoms with E-state index in [1.54, 1.807) is 0 Å². The minimum atomic E-state index is -0.232. The molecule has 0 saturated carbocycles. The Hall–Kier alpha value is -2.92. The maximum atomic E-state index is 13.2. The van der Waals surface area contributed by atoms with Crippen LogP contribution in [0.25, 0.3) is 10.9 Å². The minimum absolute atomic E-state index is 0.0656. The summed E-state index contributed by atoms with van der Waals surface area (Å²) in [6, 6.07) is 19.1. The molecule has 4 fully saturated rings. The molecule has 3 aromatic rings. The van der Waals surface area contributed by atoms with Crippen molar-refractivity contribution in [3.8, 4) is 0 Å². The Morgan fingerprint density at radius 3 is 2.39 bits per heavy atom. The highest BCUT2D eigenvalue weighted by molar-refractivity contribution is 6.04. The second-order valence-electron chi connectivity index (χ2n) is 9.29. The van der Waals surface area contributed by atoms with E-state index in [-0.39, 0.29) is 18.0 Å². The number of ether oxygens (including phenoxy) is 1. The van der Waals surface area contributed by atoms with Crippen molar-refractivity contribution in [3.05, 3.63) is 71.9 Å². The zero-order valence-electron chi connectivity index (χ0n) is 17.4. The summed E-state index contributed by atoms with van der Waals surface area (Å²) in [4.78, 5) is 27.6. The number of aromatic nitrogens is 1. The van der Waals surface area contributed by atoms with E-state index in [4.69, 9.17) is 4.74 Å². The number of carbonyl (C=O) groups excluding carboxylic acids is 2. The van der Waals surface area contributed by atoms with E-state index < -0.39 is 0 Å². The number of para-hydroxylation sites is 1. The lowest BCUT2D eigenvalue weighted by Gasteiger charge is -2.54. The van der Waals surface area contributed by atoms with Gasteiger partial charge in [0.25, 0.3) is 0 Å². The van der Waals surface area contributed by atoms with E-state index in [0.717, 1.165) is 36.6 Å². The van der Waals surface area contributed by atoms with Crippen LogP contribution < -0.4 is 0 Å². The highest BCUT2D eigenvalue weighted by Gasteiger charge is 2.49. The van der Waals surface area contributed by atoms with Crippen LogP contribution in [0.3, 0.4) is 0 Å². The zero-order valence-corrected chi connectivity index (χ0v) is 17.4. The van der Waals surface area contributed by atoms with Gasteiger partial charge in [0.2, 0.25) is 0 Å². The standard InChI is InChI=1S/C26H26N2O3/c29-25-16-28-19-10-18(25)11-20(28)13-21(12-19)31-26(30)23-15-27(14-17-6-2-1-3-7-17)24-9-5-4-8-22(23)24/h1-9,15,18-21H,10-14,16H2. The van der Waals surface area contributed by atoms with E-state index in [9.17, 15) is 9.59 Å². The Balaban J connectivity index is 1.23. The molecule has 2 aromatic carbocycles. The molecular formula is C26H26N2O3. The Kier molecular flexibility index (Phi) is 4.46. The first-order chi connectivity index (χ1) is 15.2. The van der Waals surface area contributed by atoms with Crippen LogP contribution in [0.5, 0.6) is 0 Å². The van der Waals surface area contributed by atoms with Crippen molar-refractivity contribution in [1.82, 2.24) is 9.47 Å². The van der Waals surface area contributed by atoms with Crippen LogP contribution in [0.15, 0.2) is 60.8 Å². The number of rotatable bonds is 4. The molecule has 5 heterocycles. The number of nitrogens with zero attached hydrogens (tertiary/aromatic N) is 2. The lowest BCUT2D eigenvalue weighted by Crippen LogP contribution is -2.63. The fourth-order valence-electron chi connectivity index (χ4n) is 5.95. The molecule has 31 heavy (non-hydrogen) atoms. The molecule has 158 valence electrons. The van der Waals surface area contributed by atoms with Gasteiger partial charge in [0, 0.05) is 54.5 Å². The van der Waals surface area contributed by atoms with E-state index in [0.29, 0.717) is 36.5 Å². The molecule has 5 nitrogen and oxygen atoms in total. The molecule has 2 atom stereocenters. The number of hydrogen-bond acceptors (Lipinski definition) is 4. The zero-order chi connectivity index (χ0) is 20.9. The highest BCUT2D eigenvalue weighted by Crippen LogP contribution is 2.42. The Bertz CT molecular complexity index is 1140. The molecule has 0 spiro atoms. The first-order valence-electron chi connectivity index (χ1n) is 11.3. The third-order valence-corrected chi connectivity index (χ3v) is 7.39. The molecule has 5 heteroatoms. The van der Waals surface area contributed by atoms with Gasteiger partial charge in [-0.2, -0.15) is 0 Å².